The van der Waals surface area contributed by atoms with Gasteiger partial charge in [0.05, 0.1) is 5.56 Å². The fraction of sp³-hybridized carbons (Fsp3) is 0.250. The first-order valence-corrected chi connectivity index (χ1v) is 12.2. The molecule has 0 radical (unpaired) electrons. The highest BCUT2D eigenvalue weighted by atomic mass is 19.1. The number of benzene rings is 2. The maximum atomic E-state index is 14.9. The summed E-state index contributed by atoms with van der Waals surface area (Å²) in [5, 5.41) is 10.7. The van der Waals surface area contributed by atoms with Crippen LogP contribution in [-0.4, -0.2) is 38.1 Å². The lowest BCUT2D eigenvalue weighted by atomic mass is 10.1. The molecule has 0 aliphatic heterocycles. The molecule has 2 atom stereocenters. The molecular formula is C28H26F2N6O2. The molecule has 2 unspecified atom stereocenters. The summed E-state index contributed by atoms with van der Waals surface area (Å²) in [6.45, 7) is 5.66. The van der Waals surface area contributed by atoms with Gasteiger partial charge in [-0.05, 0) is 74.7 Å². The van der Waals surface area contributed by atoms with Crippen LogP contribution in [0.15, 0.2) is 60.9 Å². The summed E-state index contributed by atoms with van der Waals surface area (Å²) in [5.41, 5.74) is 2.16. The average Bonchev–Trinajstić information content (AvgIpc) is 3.50. The highest BCUT2D eigenvalue weighted by molar-refractivity contribution is 6.05. The van der Waals surface area contributed by atoms with Crippen molar-refractivity contribution in [2.45, 2.75) is 45.2 Å². The number of aryl methyl sites for hydroxylation is 1. The number of hydrogen-bond acceptors (Lipinski definition) is 5. The van der Waals surface area contributed by atoms with Crippen molar-refractivity contribution in [3.63, 3.8) is 0 Å². The number of hydrogen-bond donors (Lipinski definition) is 1. The first kappa shape index (κ1) is 25.2. The second kappa shape index (κ2) is 10.1. The predicted molar refractivity (Wildman–Crippen MR) is 139 cm³/mol. The number of rotatable bonds is 8. The molecule has 1 fully saturated rings. The number of nitrogens with zero attached hydrogens (tertiary/aromatic N) is 5. The third-order valence-electron chi connectivity index (χ3n) is 6.68. The Labute approximate surface area is 218 Å². The van der Waals surface area contributed by atoms with E-state index in [-0.39, 0.29) is 35.2 Å². The van der Waals surface area contributed by atoms with Crippen molar-refractivity contribution in [2.24, 2.45) is 0 Å². The maximum absolute atomic E-state index is 14.9. The maximum Gasteiger partial charge on any atom is 0.259 e. The Morgan fingerprint density at radius 3 is 2.63 bits per heavy atom. The van der Waals surface area contributed by atoms with E-state index in [9.17, 15) is 18.4 Å². The van der Waals surface area contributed by atoms with Gasteiger partial charge in [0.1, 0.15) is 29.5 Å². The Hall–Kier alpha value is -4.47. The molecule has 1 N–H and O–H groups in total. The smallest absolute Gasteiger partial charge is 0.259 e. The molecule has 38 heavy (non-hydrogen) atoms. The lowest BCUT2D eigenvalue weighted by molar-refractivity contribution is -0.107. The Morgan fingerprint density at radius 2 is 1.92 bits per heavy atom. The van der Waals surface area contributed by atoms with Crippen molar-refractivity contribution in [2.75, 3.05) is 10.2 Å². The first-order chi connectivity index (χ1) is 18.3. The van der Waals surface area contributed by atoms with Crippen molar-refractivity contribution in [1.82, 2.24) is 19.7 Å². The van der Waals surface area contributed by atoms with Crippen LogP contribution in [-0.2, 0) is 4.79 Å². The standard InChI is InChI=1S/C28H26F2N6O2/c1-16(2)35-14-31-34-27(35)23-5-4-6-26(32-23)33-28(38)21-13-24(17(3)11-22(21)30)36(15-37)25-12-20(25)18-7-9-19(29)10-8-18/h4-11,13-16,20,25H,12H2,1-3H3,(H,32,33,38). The molecule has 0 saturated heterocycles. The fourth-order valence-electron chi connectivity index (χ4n) is 4.60. The van der Waals surface area contributed by atoms with Gasteiger partial charge < -0.3 is 14.8 Å². The quantitative estimate of drug-likeness (QED) is 0.322. The van der Waals surface area contributed by atoms with Crippen LogP contribution < -0.4 is 10.2 Å². The van der Waals surface area contributed by atoms with Gasteiger partial charge in [-0.1, -0.05) is 18.2 Å². The van der Waals surface area contributed by atoms with Crippen LogP contribution in [0, 0.1) is 18.6 Å². The number of amides is 2. The first-order valence-electron chi connectivity index (χ1n) is 12.2. The third kappa shape index (κ3) is 4.89. The summed E-state index contributed by atoms with van der Waals surface area (Å²) >= 11 is 0. The molecule has 2 aromatic carbocycles. The van der Waals surface area contributed by atoms with Crippen molar-refractivity contribution < 1.29 is 18.4 Å². The van der Waals surface area contributed by atoms with E-state index in [1.54, 1.807) is 43.6 Å². The monoisotopic (exact) mass is 516 g/mol. The van der Waals surface area contributed by atoms with Gasteiger partial charge in [0.25, 0.3) is 5.91 Å². The Kier molecular flexibility index (Phi) is 6.71. The van der Waals surface area contributed by atoms with E-state index in [0.29, 0.717) is 35.6 Å². The lowest BCUT2D eigenvalue weighted by Crippen LogP contribution is -2.26. The van der Waals surface area contributed by atoms with E-state index in [1.807, 2.05) is 18.4 Å². The summed E-state index contributed by atoms with van der Waals surface area (Å²) in [6.07, 6.45) is 2.97. The van der Waals surface area contributed by atoms with Crippen LogP contribution in [0.3, 0.4) is 0 Å². The summed E-state index contributed by atoms with van der Waals surface area (Å²) in [5.74, 6) is -0.945. The second-order valence-corrected chi connectivity index (χ2v) is 9.61. The highest BCUT2D eigenvalue weighted by Crippen LogP contribution is 2.46. The van der Waals surface area contributed by atoms with Gasteiger partial charge >= 0.3 is 0 Å². The number of aromatic nitrogens is 4. The van der Waals surface area contributed by atoms with Gasteiger partial charge in [0.15, 0.2) is 5.82 Å². The Morgan fingerprint density at radius 1 is 1.16 bits per heavy atom. The minimum atomic E-state index is -0.712. The fourth-order valence-corrected chi connectivity index (χ4v) is 4.60. The number of anilines is 2. The van der Waals surface area contributed by atoms with Gasteiger partial charge in [0.2, 0.25) is 6.41 Å². The number of carbonyl (C=O) groups is 2. The Bertz CT molecular complexity index is 1500. The number of halogens is 2. The molecule has 1 aliphatic rings. The zero-order valence-corrected chi connectivity index (χ0v) is 21.1. The molecule has 2 amide bonds. The summed E-state index contributed by atoms with van der Waals surface area (Å²) in [6, 6.07) is 13.8. The summed E-state index contributed by atoms with van der Waals surface area (Å²) in [4.78, 5) is 31.2. The minimum Gasteiger partial charge on any atom is -0.311 e. The normalized spacial score (nSPS) is 16.4. The third-order valence-corrected chi connectivity index (χ3v) is 6.68. The number of nitrogens with one attached hydrogen (secondary N) is 1. The van der Waals surface area contributed by atoms with Gasteiger partial charge in [-0.3, -0.25) is 9.59 Å². The van der Waals surface area contributed by atoms with Gasteiger partial charge in [0, 0.05) is 23.7 Å². The Balaban J connectivity index is 1.39. The molecule has 194 valence electrons. The SMILES string of the molecule is Cc1cc(F)c(C(=O)Nc2cccc(-c3nncn3C(C)C)n2)cc1N(C=O)C1CC1c1ccc(F)cc1. The summed E-state index contributed by atoms with van der Waals surface area (Å²) < 4.78 is 30.1. The van der Waals surface area contributed by atoms with Gasteiger partial charge in [-0.15, -0.1) is 10.2 Å². The van der Waals surface area contributed by atoms with Crippen molar-refractivity contribution in [3.8, 4) is 11.5 Å². The van der Waals surface area contributed by atoms with E-state index in [1.165, 1.54) is 29.2 Å². The zero-order valence-electron chi connectivity index (χ0n) is 21.1. The van der Waals surface area contributed by atoms with Crippen LogP contribution in [0.25, 0.3) is 11.5 Å². The van der Waals surface area contributed by atoms with Crippen LogP contribution in [0.2, 0.25) is 0 Å². The number of pyridine rings is 1. The molecule has 2 aromatic heterocycles. The molecule has 4 aromatic rings. The topological polar surface area (TPSA) is 93.0 Å². The van der Waals surface area contributed by atoms with Crippen molar-refractivity contribution >= 4 is 23.8 Å². The minimum absolute atomic E-state index is 0.0300. The van der Waals surface area contributed by atoms with E-state index < -0.39 is 11.7 Å². The lowest BCUT2D eigenvalue weighted by Gasteiger charge is -2.21. The molecule has 0 spiro atoms. The molecule has 0 bridgehead atoms. The predicted octanol–water partition coefficient (Wildman–Crippen LogP) is 5.28. The highest BCUT2D eigenvalue weighted by Gasteiger charge is 2.43. The van der Waals surface area contributed by atoms with Crippen molar-refractivity contribution in [1.29, 1.82) is 0 Å². The van der Waals surface area contributed by atoms with E-state index in [2.05, 4.69) is 20.5 Å². The van der Waals surface area contributed by atoms with Gasteiger partial charge in [-0.2, -0.15) is 0 Å². The van der Waals surface area contributed by atoms with E-state index >= 15 is 0 Å². The van der Waals surface area contributed by atoms with E-state index in [0.717, 1.165) is 5.56 Å². The molecular weight excluding hydrogens is 490 g/mol. The summed E-state index contributed by atoms with van der Waals surface area (Å²) in [7, 11) is 0. The molecule has 8 nitrogen and oxygen atoms in total. The number of carbonyl (C=O) groups excluding carboxylic acids is 2. The van der Waals surface area contributed by atoms with Crippen LogP contribution in [0.1, 0.15) is 53.7 Å². The van der Waals surface area contributed by atoms with Crippen LogP contribution >= 0.6 is 0 Å². The molecule has 1 aliphatic carbocycles. The van der Waals surface area contributed by atoms with Gasteiger partial charge in [-0.25, -0.2) is 13.8 Å². The van der Waals surface area contributed by atoms with Crippen molar-refractivity contribution in [3.05, 3.63) is 89.2 Å². The molecule has 5 rings (SSSR count). The van der Waals surface area contributed by atoms with Crippen LogP contribution in [0.4, 0.5) is 20.3 Å². The largest absolute Gasteiger partial charge is 0.311 e. The molecule has 2 heterocycles. The molecule has 10 heteroatoms. The van der Waals surface area contributed by atoms with E-state index in [4.69, 9.17) is 0 Å². The second-order valence-electron chi connectivity index (χ2n) is 9.61. The van der Waals surface area contributed by atoms with Crippen LogP contribution in [0.5, 0.6) is 0 Å². The molecule has 1 saturated carbocycles. The zero-order chi connectivity index (χ0) is 27.0. The average molecular weight is 517 g/mol.